The second-order valence-electron chi connectivity index (χ2n) is 3.51. The molecule has 0 bridgehead atoms. The van der Waals surface area contributed by atoms with E-state index in [0.29, 0.717) is 5.92 Å². The van der Waals surface area contributed by atoms with E-state index < -0.39 is 0 Å². The van der Waals surface area contributed by atoms with Crippen LogP contribution in [0.1, 0.15) is 38.9 Å². The van der Waals surface area contributed by atoms with E-state index in [9.17, 15) is 0 Å². The van der Waals surface area contributed by atoms with E-state index in [-0.39, 0.29) is 0 Å². The Kier molecular flexibility index (Phi) is 4.57. The number of nitrogens with one attached hydrogen (secondary N) is 1. The Hall–Kier alpha value is -0.390. The fourth-order valence-electron chi connectivity index (χ4n) is 1.03. The van der Waals surface area contributed by atoms with Gasteiger partial charge in [-0.15, -0.1) is 0 Å². The molecule has 0 atom stereocenters. The van der Waals surface area contributed by atoms with E-state index in [4.69, 9.17) is 0 Å². The summed E-state index contributed by atoms with van der Waals surface area (Å²) in [6.07, 6.45) is 2.98. The van der Waals surface area contributed by atoms with Gasteiger partial charge in [-0.1, -0.05) is 20.8 Å². The van der Waals surface area contributed by atoms with Crippen LogP contribution in [-0.2, 0) is 0 Å². The SMILES string of the molecule is CCCNc1nc(C(C)C)ncc1I. The van der Waals surface area contributed by atoms with Crippen LogP contribution in [0, 0.1) is 3.57 Å². The van der Waals surface area contributed by atoms with Crippen molar-refractivity contribution in [3.05, 3.63) is 15.6 Å². The molecule has 78 valence electrons. The van der Waals surface area contributed by atoms with Crippen LogP contribution in [-0.4, -0.2) is 16.5 Å². The third kappa shape index (κ3) is 3.08. The molecule has 0 aliphatic carbocycles. The van der Waals surface area contributed by atoms with Gasteiger partial charge in [-0.25, -0.2) is 9.97 Å². The summed E-state index contributed by atoms with van der Waals surface area (Å²) in [6.45, 7) is 7.31. The van der Waals surface area contributed by atoms with Crippen molar-refractivity contribution in [3.8, 4) is 0 Å². The summed E-state index contributed by atoms with van der Waals surface area (Å²) in [5.41, 5.74) is 0. The van der Waals surface area contributed by atoms with Gasteiger partial charge in [-0.2, -0.15) is 0 Å². The van der Waals surface area contributed by atoms with Crippen molar-refractivity contribution >= 4 is 28.4 Å². The number of rotatable bonds is 4. The Morgan fingerprint density at radius 2 is 2.21 bits per heavy atom. The Balaban J connectivity index is 2.85. The first-order valence-electron chi connectivity index (χ1n) is 4.91. The van der Waals surface area contributed by atoms with Crippen molar-refractivity contribution in [2.75, 3.05) is 11.9 Å². The lowest BCUT2D eigenvalue weighted by atomic mass is 10.2. The molecule has 0 spiro atoms. The quantitative estimate of drug-likeness (QED) is 0.869. The molecular weight excluding hydrogens is 289 g/mol. The van der Waals surface area contributed by atoms with Gasteiger partial charge >= 0.3 is 0 Å². The van der Waals surface area contributed by atoms with Crippen molar-refractivity contribution < 1.29 is 0 Å². The average Bonchev–Trinajstić information content (AvgIpc) is 2.16. The summed E-state index contributed by atoms with van der Waals surface area (Å²) in [6, 6.07) is 0. The lowest BCUT2D eigenvalue weighted by Crippen LogP contribution is -2.07. The van der Waals surface area contributed by atoms with Gasteiger partial charge in [0, 0.05) is 18.7 Å². The Labute approximate surface area is 98.9 Å². The van der Waals surface area contributed by atoms with Crippen molar-refractivity contribution in [1.82, 2.24) is 9.97 Å². The summed E-state index contributed by atoms with van der Waals surface area (Å²) in [4.78, 5) is 8.77. The molecule has 0 saturated carbocycles. The highest BCUT2D eigenvalue weighted by Crippen LogP contribution is 2.17. The number of hydrogen-bond acceptors (Lipinski definition) is 3. The molecule has 1 N–H and O–H groups in total. The molecule has 1 aromatic heterocycles. The van der Waals surface area contributed by atoms with Crippen LogP contribution < -0.4 is 5.32 Å². The number of nitrogens with zero attached hydrogens (tertiary/aromatic N) is 2. The Morgan fingerprint density at radius 1 is 1.50 bits per heavy atom. The average molecular weight is 305 g/mol. The minimum absolute atomic E-state index is 0.383. The molecule has 0 saturated heterocycles. The van der Waals surface area contributed by atoms with Gasteiger partial charge in [0.25, 0.3) is 0 Å². The minimum atomic E-state index is 0.383. The van der Waals surface area contributed by atoms with Crippen molar-refractivity contribution in [2.45, 2.75) is 33.1 Å². The molecule has 4 heteroatoms. The molecule has 14 heavy (non-hydrogen) atoms. The van der Waals surface area contributed by atoms with E-state index in [1.54, 1.807) is 0 Å². The molecule has 1 heterocycles. The standard InChI is InChI=1S/C10H16IN3/c1-4-5-12-10-8(11)6-13-9(14-10)7(2)3/h6-7H,4-5H2,1-3H3,(H,12,13,14). The summed E-state index contributed by atoms with van der Waals surface area (Å²) in [5.74, 6) is 2.25. The van der Waals surface area contributed by atoms with Gasteiger partial charge in [-0.3, -0.25) is 0 Å². The van der Waals surface area contributed by atoms with Crippen LogP contribution in [0.5, 0.6) is 0 Å². The predicted octanol–water partition coefficient (Wildman–Crippen LogP) is 3.03. The number of halogens is 1. The predicted molar refractivity (Wildman–Crippen MR) is 67.6 cm³/mol. The van der Waals surface area contributed by atoms with Gasteiger partial charge in [0.05, 0.1) is 3.57 Å². The maximum absolute atomic E-state index is 4.48. The van der Waals surface area contributed by atoms with Gasteiger partial charge in [0.1, 0.15) is 11.6 Å². The number of hydrogen-bond donors (Lipinski definition) is 1. The minimum Gasteiger partial charge on any atom is -0.369 e. The van der Waals surface area contributed by atoms with Crippen LogP contribution in [0.3, 0.4) is 0 Å². The summed E-state index contributed by atoms with van der Waals surface area (Å²) >= 11 is 2.25. The molecule has 0 amide bonds. The second-order valence-corrected chi connectivity index (χ2v) is 4.67. The third-order valence-corrected chi connectivity index (χ3v) is 2.61. The largest absolute Gasteiger partial charge is 0.369 e. The third-order valence-electron chi connectivity index (χ3n) is 1.82. The molecule has 0 aliphatic rings. The first-order chi connectivity index (χ1) is 6.65. The van der Waals surface area contributed by atoms with E-state index in [0.717, 1.165) is 28.2 Å². The van der Waals surface area contributed by atoms with Crippen molar-refractivity contribution in [3.63, 3.8) is 0 Å². The van der Waals surface area contributed by atoms with E-state index in [2.05, 4.69) is 58.6 Å². The highest BCUT2D eigenvalue weighted by Gasteiger charge is 2.06. The highest BCUT2D eigenvalue weighted by atomic mass is 127. The topological polar surface area (TPSA) is 37.8 Å². The summed E-state index contributed by atoms with van der Waals surface area (Å²) < 4.78 is 1.08. The second kappa shape index (κ2) is 5.48. The zero-order valence-electron chi connectivity index (χ0n) is 8.84. The molecular formula is C10H16IN3. The van der Waals surface area contributed by atoms with Crippen LogP contribution in [0.2, 0.25) is 0 Å². The maximum atomic E-state index is 4.48. The zero-order chi connectivity index (χ0) is 10.6. The monoisotopic (exact) mass is 305 g/mol. The van der Waals surface area contributed by atoms with Gasteiger partial charge < -0.3 is 5.32 Å². The van der Waals surface area contributed by atoms with E-state index in [1.165, 1.54) is 0 Å². The number of aromatic nitrogens is 2. The molecule has 1 rings (SSSR count). The van der Waals surface area contributed by atoms with Crippen LogP contribution in [0.4, 0.5) is 5.82 Å². The van der Waals surface area contributed by atoms with E-state index in [1.807, 2.05) is 6.20 Å². The first-order valence-corrected chi connectivity index (χ1v) is 5.99. The van der Waals surface area contributed by atoms with Crippen LogP contribution >= 0.6 is 22.6 Å². The maximum Gasteiger partial charge on any atom is 0.143 e. The lowest BCUT2D eigenvalue weighted by Gasteiger charge is -2.09. The molecule has 0 aromatic carbocycles. The lowest BCUT2D eigenvalue weighted by molar-refractivity contribution is 0.771. The Morgan fingerprint density at radius 3 is 2.79 bits per heavy atom. The molecule has 3 nitrogen and oxygen atoms in total. The highest BCUT2D eigenvalue weighted by molar-refractivity contribution is 14.1. The molecule has 0 radical (unpaired) electrons. The summed E-state index contributed by atoms with van der Waals surface area (Å²) in [5, 5.41) is 3.30. The van der Waals surface area contributed by atoms with E-state index >= 15 is 0 Å². The van der Waals surface area contributed by atoms with Gasteiger partial charge in [0.15, 0.2) is 0 Å². The molecule has 0 unspecified atom stereocenters. The van der Waals surface area contributed by atoms with Gasteiger partial charge in [-0.05, 0) is 29.0 Å². The van der Waals surface area contributed by atoms with Crippen molar-refractivity contribution in [1.29, 1.82) is 0 Å². The Bertz CT molecular complexity index is 299. The molecule has 1 aromatic rings. The van der Waals surface area contributed by atoms with Crippen molar-refractivity contribution in [2.24, 2.45) is 0 Å². The zero-order valence-corrected chi connectivity index (χ0v) is 11.0. The molecule has 0 fully saturated rings. The normalized spacial score (nSPS) is 10.6. The smallest absolute Gasteiger partial charge is 0.143 e. The fraction of sp³-hybridized carbons (Fsp3) is 0.600. The van der Waals surface area contributed by atoms with Crippen LogP contribution in [0.15, 0.2) is 6.20 Å². The summed E-state index contributed by atoms with van der Waals surface area (Å²) in [7, 11) is 0. The molecule has 0 aliphatic heterocycles. The van der Waals surface area contributed by atoms with Crippen LogP contribution in [0.25, 0.3) is 0 Å². The number of anilines is 1. The fourth-order valence-corrected chi connectivity index (χ4v) is 1.48. The first kappa shape index (κ1) is 11.7. The van der Waals surface area contributed by atoms with Gasteiger partial charge in [0.2, 0.25) is 0 Å².